The fourth-order valence-electron chi connectivity index (χ4n) is 0.108. The van der Waals surface area contributed by atoms with Crippen molar-refractivity contribution in [2.75, 3.05) is 7.05 Å². The molecule has 0 aromatic heterocycles. The third-order valence-electron chi connectivity index (χ3n) is 0.667. The molecule has 0 aliphatic rings. The average Bonchev–Trinajstić information content (AvgIpc) is 1.62. The van der Waals surface area contributed by atoms with E-state index in [1.807, 2.05) is 0 Å². The molecule has 0 aromatic carbocycles. The van der Waals surface area contributed by atoms with Crippen LogP contribution in [0.4, 0.5) is 18.0 Å². The van der Waals surface area contributed by atoms with Gasteiger partial charge in [0.1, 0.15) is 0 Å². The van der Waals surface area contributed by atoms with Crippen molar-refractivity contribution in [3.05, 3.63) is 0 Å². The predicted octanol–water partition coefficient (Wildman–Crippen LogP) is 1.49. The first-order valence-electron chi connectivity index (χ1n) is 1.89. The summed E-state index contributed by atoms with van der Waals surface area (Å²) in [5, 5.41) is -1.32. The summed E-state index contributed by atoms with van der Waals surface area (Å²) in [5.41, 5.74) is 0. The number of alkyl halides is 3. The zero-order chi connectivity index (χ0) is 7.65. The van der Waals surface area contributed by atoms with Gasteiger partial charge < -0.3 is 0 Å². The van der Waals surface area contributed by atoms with Gasteiger partial charge in [0.25, 0.3) is 5.24 Å². The quantitative estimate of drug-likeness (QED) is 0.419. The van der Waals surface area contributed by atoms with E-state index in [0.717, 1.165) is 0 Å². The van der Waals surface area contributed by atoms with Crippen LogP contribution in [0.3, 0.4) is 0 Å². The molecule has 0 unspecified atom stereocenters. The topological polar surface area (TPSA) is 20.3 Å². The van der Waals surface area contributed by atoms with Crippen molar-refractivity contribution < 1.29 is 18.0 Å². The second-order valence-electron chi connectivity index (χ2n) is 1.31. The maximum absolute atomic E-state index is 11.4. The molecule has 2 nitrogen and oxygen atoms in total. The summed E-state index contributed by atoms with van der Waals surface area (Å²) in [5.74, 6) is 0. The SMILES string of the molecule is CN(C(=O)S)C(F)(F)F. The van der Waals surface area contributed by atoms with Crippen LogP contribution in [0.2, 0.25) is 0 Å². The van der Waals surface area contributed by atoms with Crippen molar-refractivity contribution in [3.63, 3.8) is 0 Å². The Labute approximate surface area is 55.0 Å². The molecule has 0 atom stereocenters. The van der Waals surface area contributed by atoms with Gasteiger partial charge in [0.15, 0.2) is 0 Å². The fraction of sp³-hybridized carbons (Fsp3) is 0.667. The summed E-state index contributed by atoms with van der Waals surface area (Å²) in [6.45, 7) is 0. The van der Waals surface area contributed by atoms with Gasteiger partial charge in [-0.15, -0.1) is 13.2 Å². The van der Waals surface area contributed by atoms with Gasteiger partial charge >= 0.3 is 6.30 Å². The van der Waals surface area contributed by atoms with E-state index < -0.39 is 16.4 Å². The van der Waals surface area contributed by atoms with E-state index in [0.29, 0.717) is 7.05 Å². The number of carbonyl (C=O) groups excluding carboxylic acids is 1. The second kappa shape index (κ2) is 2.47. The van der Waals surface area contributed by atoms with Gasteiger partial charge in [-0.3, -0.25) is 4.79 Å². The largest absolute Gasteiger partial charge is 0.487 e. The number of hydrogen-bond donors (Lipinski definition) is 1. The van der Waals surface area contributed by atoms with Crippen molar-refractivity contribution in [2.45, 2.75) is 6.30 Å². The Bertz CT molecular complexity index is 123. The molecule has 0 aliphatic heterocycles. The Morgan fingerprint density at radius 2 is 1.89 bits per heavy atom. The molecule has 6 heteroatoms. The van der Waals surface area contributed by atoms with E-state index in [1.54, 1.807) is 0 Å². The maximum Gasteiger partial charge on any atom is 0.487 e. The zero-order valence-electron chi connectivity index (χ0n) is 4.44. The highest BCUT2D eigenvalue weighted by molar-refractivity contribution is 7.96. The number of amides is 1. The van der Waals surface area contributed by atoms with E-state index in [9.17, 15) is 18.0 Å². The number of hydrogen-bond acceptors (Lipinski definition) is 1. The van der Waals surface area contributed by atoms with Crippen LogP contribution in [-0.4, -0.2) is 23.5 Å². The number of halogens is 3. The van der Waals surface area contributed by atoms with Crippen LogP contribution in [0.1, 0.15) is 0 Å². The molecule has 0 saturated carbocycles. The van der Waals surface area contributed by atoms with Crippen molar-refractivity contribution in [1.29, 1.82) is 0 Å². The van der Waals surface area contributed by atoms with E-state index in [2.05, 4.69) is 12.6 Å². The first-order chi connectivity index (χ1) is 3.85. The third-order valence-corrected chi connectivity index (χ3v) is 0.967. The molecule has 0 aliphatic carbocycles. The van der Waals surface area contributed by atoms with Crippen LogP contribution >= 0.6 is 12.6 Å². The zero-order valence-corrected chi connectivity index (χ0v) is 5.33. The summed E-state index contributed by atoms with van der Waals surface area (Å²) in [7, 11) is 0.606. The predicted molar refractivity (Wildman–Crippen MR) is 28.2 cm³/mol. The van der Waals surface area contributed by atoms with E-state index in [4.69, 9.17) is 0 Å². The average molecular weight is 159 g/mol. The van der Waals surface area contributed by atoms with Crippen LogP contribution in [0.5, 0.6) is 0 Å². The lowest BCUT2D eigenvalue weighted by molar-refractivity contribution is -0.212. The minimum atomic E-state index is -4.61. The van der Waals surface area contributed by atoms with Crippen molar-refractivity contribution in [1.82, 2.24) is 4.90 Å². The third kappa shape index (κ3) is 2.59. The highest BCUT2D eigenvalue weighted by atomic mass is 32.1. The normalized spacial score (nSPS) is 11.2. The lowest BCUT2D eigenvalue weighted by Gasteiger charge is -2.16. The second-order valence-corrected chi connectivity index (χ2v) is 1.69. The summed E-state index contributed by atoms with van der Waals surface area (Å²) >= 11 is 2.95. The number of thiol groups is 1. The van der Waals surface area contributed by atoms with Crippen LogP contribution in [0, 0.1) is 0 Å². The summed E-state index contributed by atoms with van der Waals surface area (Å²) in [6.07, 6.45) is -4.61. The number of rotatable bonds is 0. The Morgan fingerprint density at radius 3 is 1.89 bits per heavy atom. The van der Waals surface area contributed by atoms with Crippen molar-refractivity contribution >= 4 is 17.9 Å². The standard InChI is InChI=1S/C3H4F3NOS/c1-7(2(8)9)3(4,5)6/h1H3,(H,8,9). The van der Waals surface area contributed by atoms with E-state index >= 15 is 0 Å². The Morgan fingerprint density at radius 1 is 1.56 bits per heavy atom. The van der Waals surface area contributed by atoms with Gasteiger partial charge in [-0.05, 0) is 0 Å². The van der Waals surface area contributed by atoms with Gasteiger partial charge in [-0.1, -0.05) is 12.6 Å². The lowest BCUT2D eigenvalue weighted by atomic mass is 10.9. The Hall–Kier alpha value is -0.390. The molecule has 0 bridgehead atoms. The molecular weight excluding hydrogens is 155 g/mol. The van der Waals surface area contributed by atoms with E-state index in [-0.39, 0.29) is 0 Å². The van der Waals surface area contributed by atoms with Gasteiger partial charge in [0.2, 0.25) is 0 Å². The smallest absolute Gasteiger partial charge is 0.262 e. The van der Waals surface area contributed by atoms with Crippen LogP contribution in [0.25, 0.3) is 0 Å². The van der Waals surface area contributed by atoms with Gasteiger partial charge in [0, 0.05) is 7.05 Å². The lowest BCUT2D eigenvalue weighted by Crippen LogP contribution is -2.35. The van der Waals surface area contributed by atoms with Crippen molar-refractivity contribution in [2.24, 2.45) is 0 Å². The van der Waals surface area contributed by atoms with Crippen LogP contribution < -0.4 is 0 Å². The molecule has 0 fully saturated rings. The Balaban J connectivity index is 4.04. The first kappa shape index (κ1) is 8.61. The molecule has 9 heavy (non-hydrogen) atoms. The van der Waals surface area contributed by atoms with Crippen LogP contribution in [-0.2, 0) is 0 Å². The highest BCUT2D eigenvalue weighted by Gasteiger charge is 2.36. The molecule has 0 saturated heterocycles. The summed E-state index contributed by atoms with van der Waals surface area (Å²) in [4.78, 5) is 9.44. The Kier molecular flexibility index (Phi) is 2.36. The minimum absolute atomic E-state index is 0.421. The molecule has 0 spiro atoms. The molecule has 0 N–H and O–H groups in total. The molecule has 0 aromatic rings. The molecule has 0 heterocycles. The van der Waals surface area contributed by atoms with Crippen LogP contribution in [0.15, 0.2) is 0 Å². The van der Waals surface area contributed by atoms with Gasteiger partial charge in [0.05, 0.1) is 0 Å². The number of carbonyl (C=O) groups is 1. The maximum atomic E-state index is 11.4. The van der Waals surface area contributed by atoms with E-state index in [1.165, 1.54) is 0 Å². The molecular formula is C3H4F3NOS. The molecule has 0 rings (SSSR count). The molecule has 1 amide bonds. The highest BCUT2D eigenvalue weighted by Crippen LogP contribution is 2.19. The van der Waals surface area contributed by atoms with Gasteiger partial charge in [-0.25, -0.2) is 4.90 Å². The summed E-state index contributed by atoms with van der Waals surface area (Å²) < 4.78 is 34.1. The van der Waals surface area contributed by atoms with Crippen molar-refractivity contribution in [3.8, 4) is 0 Å². The number of nitrogens with zero attached hydrogens (tertiary/aromatic N) is 1. The first-order valence-corrected chi connectivity index (χ1v) is 2.34. The monoisotopic (exact) mass is 159 g/mol. The molecule has 0 radical (unpaired) electrons. The van der Waals surface area contributed by atoms with Gasteiger partial charge in [-0.2, -0.15) is 0 Å². The minimum Gasteiger partial charge on any atom is -0.262 e. The summed E-state index contributed by atoms with van der Waals surface area (Å²) in [6, 6.07) is 0. The molecule has 54 valence electrons. The fourth-order valence-corrected chi connectivity index (χ4v) is 0.222.